The zero-order valence-electron chi connectivity index (χ0n) is 18.3. The molecule has 1 unspecified atom stereocenters. The summed E-state index contributed by atoms with van der Waals surface area (Å²) in [5.74, 6) is 1.37. The summed E-state index contributed by atoms with van der Waals surface area (Å²) in [6.07, 6.45) is 12.1. The van der Waals surface area contributed by atoms with Crippen molar-refractivity contribution in [2.45, 2.75) is 82.0 Å². The van der Waals surface area contributed by atoms with Crippen LogP contribution in [0.25, 0.3) is 0 Å². The Labute approximate surface area is 181 Å². The number of hydrogen-bond acceptors (Lipinski definition) is 2. The van der Waals surface area contributed by atoms with Gasteiger partial charge in [0.1, 0.15) is 0 Å². The molecule has 0 N–H and O–H groups in total. The number of piperidine rings is 1. The zero-order chi connectivity index (χ0) is 20.6. The molecule has 3 fully saturated rings. The normalized spacial score (nSPS) is 26.2. The fourth-order valence-corrected chi connectivity index (χ4v) is 6.75. The van der Waals surface area contributed by atoms with Crippen LogP contribution in [-0.2, 0) is 15.0 Å². The second kappa shape index (κ2) is 8.36. The van der Waals surface area contributed by atoms with E-state index in [1.807, 2.05) is 0 Å². The second-order valence-electron chi connectivity index (χ2n) is 10.2. The van der Waals surface area contributed by atoms with Crippen molar-refractivity contribution in [2.75, 3.05) is 26.2 Å². The highest BCUT2D eigenvalue weighted by molar-refractivity contribution is 5.79. The van der Waals surface area contributed by atoms with Gasteiger partial charge in [-0.1, -0.05) is 43.5 Å². The minimum atomic E-state index is 0.163. The SMILES string of the molecule is O=C(CC1CC2(CCN(C(=O)C3CCCCC3)CC2)c2ccccc21)N1CCCC1. The Morgan fingerprint density at radius 1 is 0.867 bits per heavy atom. The summed E-state index contributed by atoms with van der Waals surface area (Å²) >= 11 is 0. The van der Waals surface area contributed by atoms with E-state index in [9.17, 15) is 9.59 Å². The first kappa shape index (κ1) is 20.1. The van der Waals surface area contributed by atoms with Crippen molar-refractivity contribution < 1.29 is 9.59 Å². The van der Waals surface area contributed by atoms with Crippen LogP contribution in [0.1, 0.15) is 87.7 Å². The van der Waals surface area contributed by atoms with Crippen LogP contribution in [0.15, 0.2) is 24.3 Å². The molecule has 4 nitrogen and oxygen atoms in total. The number of hydrogen-bond donors (Lipinski definition) is 0. The molecule has 1 aromatic carbocycles. The Morgan fingerprint density at radius 3 is 2.30 bits per heavy atom. The van der Waals surface area contributed by atoms with E-state index >= 15 is 0 Å². The molecule has 1 saturated carbocycles. The third-order valence-electron chi connectivity index (χ3n) is 8.48. The second-order valence-corrected chi connectivity index (χ2v) is 10.2. The number of nitrogens with zero attached hydrogens (tertiary/aromatic N) is 2. The van der Waals surface area contributed by atoms with E-state index in [2.05, 4.69) is 34.1 Å². The van der Waals surface area contributed by atoms with Gasteiger partial charge in [-0.05, 0) is 67.4 Å². The van der Waals surface area contributed by atoms with Crippen molar-refractivity contribution >= 4 is 11.8 Å². The number of fused-ring (bicyclic) bond motifs is 2. The molecule has 2 heterocycles. The average Bonchev–Trinajstić information content (AvgIpc) is 3.43. The minimum absolute atomic E-state index is 0.163. The molecule has 4 heteroatoms. The van der Waals surface area contributed by atoms with Gasteiger partial charge in [-0.15, -0.1) is 0 Å². The van der Waals surface area contributed by atoms with E-state index in [4.69, 9.17) is 0 Å². The van der Waals surface area contributed by atoms with Gasteiger partial charge in [0.15, 0.2) is 0 Å². The van der Waals surface area contributed by atoms with Crippen LogP contribution in [0.2, 0.25) is 0 Å². The molecule has 2 aliphatic heterocycles. The first-order valence-electron chi connectivity index (χ1n) is 12.3. The summed E-state index contributed by atoms with van der Waals surface area (Å²) in [5, 5.41) is 0. The Balaban J connectivity index is 1.28. The summed E-state index contributed by atoms with van der Waals surface area (Å²) in [6, 6.07) is 8.84. The number of carbonyl (C=O) groups is 2. The van der Waals surface area contributed by atoms with Crippen LogP contribution in [0.4, 0.5) is 0 Å². The Morgan fingerprint density at radius 2 is 1.57 bits per heavy atom. The average molecular weight is 409 g/mol. The van der Waals surface area contributed by atoms with Gasteiger partial charge in [-0.2, -0.15) is 0 Å². The highest BCUT2D eigenvalue weighted by Crippen LogP contribution is 2.53. The predicted molar refractivity (Wildman–Crippen MR) is 118 cm³/mol. The smallest absolute Gasteiger partial charge is 0.225 e. The number of carbonyl (C=O) groups excluding carboxylic acids is 2. The maximum absolute atomic E-state index is 13.0. The van der Waals surface area contributed by atoms with Crippen molar-refractivity contribution in [1.29, 1.82) is 0 Å². The molecule has 2 saturated heterocycles. The molecule has 5 rings (SSSR count). The van der Waals surface area contributed by atoms with Gasteiger partial charge < -0.3 is 9.80 Å². The molecule has 162 valence electrons. The molecule has 1 aromatic rings. The van der Waals surface area contributed by atoms with Crippen LogP contribution in [-0.4, -0.2) is 47.8 Å². The quantitative estimate of drug-likeness (QED) is 0.732. The highest BCUT2D eigenvalue weighted by Gasteiger charge is 2.46. The lowest BCUT2D eigenvalue weighted by molar-refractivity contribution is -0.138. The third kappa shape index (κ3) is 3.67. The van der Waals surface area contributed by atoms with E-state index in [0.29, 0.717) is 24.2 Å². The van der Waals surface area contributed by atoms with E-state index in [-0.39, 0.29) is 11.3 Å². The molecular formula is C26H36N2O2. The fraction of sp³-hybridized carbons (Fsp3) is 0.692. The Kier molecular flexibility index (Phi) is 5.59. The monoisotopic (exact) mass is 408 g/mol. The first-order chi connectivity index (χ1) is 14.7. The van der Waals surface area contributed by atoms with Crippen LogP contribution in [0.3, 0.4) is 0 Å². The van der Waals surface area contributed by atoms with Crippen molar-refractivity contribution in [3.63, 3.8) is 0 Å². The summed E-state index contributed by atoms with van der Waals surface area (Å²) < 4.78 is 0. The van der Waals surface area contributed by atoms with Gasteiger partial charge in [0.05, 0.1) is 0 Å². The maximum atomic E-state index is 13.0. The summed E-state index contributed by atoms with van der Waals surface area (Å²) in [5.41, 5.74) is 3.03. The number of benzene rings is 1. The van der Waals surface area contributed by atoms with Gasteiger partial charge >= 0.3 is 0 Å². The fourth-order valence-electron chi connectivity index (χ4n) is 6.75. The van der Waals surface area contributed by atoms with E-state index in [0.717, 1.165) is 71.1 Å². The lowest BCUT2D eigenvalue weighted by Crippen LogP contribution is -2.46. The topological polar surface area (TPSA) is 40.6 Å². The molecule has 1 spiro atoms. The van der Waals surface area contributed by atoms with Crippen LogP contribution in [0, 0.1) is 5.92 Å². The predicted octanol–water partition coefficient (Wildman–Crippen LogP) is 4.63. The molecule has 1 atom stereocenters. The van der Waals surface area contributed by atoms with Crippen molar-refractivity contribution in [3.8, 4) is 0 Å². The third-order valence-corrected chi connectivity index (χ3v) is 8.48. The lowest BCUT2D eigenvalue weighted by atomic mass is 9.73. The van der Waals surface area contributed by atoms with Gasteiger partial charge in [-0.25, -0.2) is 0 Å². The largest absolute Gasteiger partial charge is 0.343 e. The lowest BCUT2D eigenvalue weighted by Gasteiger charge is -2.42. The van der Waals surface area contributed by atoms with E-state index in [1.165, 1.54) is 30.4 Å². The first-order valence-corrected chi connectivity index (χ1v) is 12.3. The minimum Gasteiger partial charge on any atom is -0.343 e. The van der Waals surface area contributed by atoms with Crippen molar-refractivity contribution in [2.24, 2.45) is 5.92 Å². The number of amides is 2. The standard InChI is InChI=1S/C26H36N2O2/c29-24(27-14-6-7-15-27)18-21-19-26(23-11-5-4-10-22(21)23)12-16-28(17-13-26)25(30)20-8-2-1-3-9-20/h4-5,10-11,20-21H,1-3,6-9,12-19H2. The molecular weight excluding hydrogens is 372 g/mol. The van der Waals surface area contributed by atoms with Gasteiger partial charge in [0.25, 0.3) is 0 Å². The molecule has 2 aliphatic carbocycles. The van der Waals surface area contributed by atoms with Crippen molar-refractivity contribution in [3.05, 3.63) is 35.4 Å². The van der Waals surface area contributed by atoms with E-state index < -0.39 is 0 Å². The molecule has 0 aromatic heterocycles. The van der Waals surface area contributed by atoms with Crippen LogP contribution < -0.4 is 0 Å². The van der Waals surface area contributed by atoms with Crippen LogP contribution in [0.5, 0.6) is 0 Å². The zero-order valence-corrected chi connectivity index (χ0v) is 18.3. The molecule has 0 radical (unpaired) electrons. The maximum Gasteiger partial charge on any atom is 0.225 e. The Bertz CT molecular complexity index is 784. The van der Waals surface area contributed by atoms with Gasteiger partial charge in [0, 0.05) is 38.5 Å². The molecule has 0 bridgehead atoms. The van der Waals surface area contributed by atoms with Crippen LogP contribution >= 0.6 is 0 Å². The summed E-state index contributed by atoms with van der Waals surface area (Å²) in [6.45, 7) is 3.65. The Hall–Kier alpha value is -1.84. The molecule has 2 amide bonds. The van der Waals surface area contributed by atoms with Gasteiger partial charge in [0.2, 0.25) is 11.8 Å². The van der Waals surface area contributed by atoms with Crippen molar-refractivity contribution in [1.82, 2.24) is 9.80 Å². The van der Waals surface area contributed by atoms with Gasteiger partial charge in [-0.3, -0.25) is 9.59 Å². The number of likely N-dealkylation sites (tertiary alicyclic amines) is 2. The highest BCUT2D eigenvalue weighted by atomic mass is 16.2. The molecule has 4 aliphatic rings. The summed E-state index contributed by atoms with van der Waals surface area (Å²) in [4.78, 5) is 30.1. The number of rotatable bonds is 3. The van der Waals surface area contributed by atoms with E-state index in [1.54, 1.807) is 0 Å². The molecule has 30 heavy (non-hydrogen) atoms. The summed E-state index contributed by atoms with van der Waals surface area (Å²) in [7, 11) is 0.